The Kier molecular flexibility index (Phi) is 4.03. The van der Waals surface area contributed by atoms with Gasteiger partial charge >= 0.3 is 0 Å². The Hall–Kier alpha value is -1.23. The highest BCUT2D eigenvalue weighted by atomic mass is 19.3. The molecule has 0 unspecified atom stereocenters. The number of aliphatic hydroxyl groups excluding tert-OH is 1. The number of aliphatic hydroxyl groups is 1. The molecule has 5 heteroatoms. The number of benzene rings is 1. The second-order valence-corrected chi connectivity index (χ2v) is 4.42. The van der Waals surface area contributed by atoms with Crippen LogP contribution in [0.25, 0.3) is 0 Å². The van der Waals surface area contributed by atoms with Gasteiger partial charge in [0.15, 0.2) is 0 Å². The Morgan fingerprint density at radius 3 is 2.35 bits per heavy atom. The van der Waals surface area contributed by atoms with E-state index in [1.54, 1.807) is 13.8 Å². The fourth-order valence-electron chi connectivity index (χ4n) is 1.59. The Bertz CT molecular complexity index is 403. The summed E-state index contributed by atoms with van der Waals surface area (Å²) in [6.45, 7) is 2.95. The number of alkyl halides is 2. The lowest BCUT2D eigenvalue weighted by molar-refractivity contribution is 0.145. The van der Waals surface area contributed by atoms with Gasteiger partial charge in [-0.1, -0.05) is 13.8 Å². The van der Waals surface area contributed by atoms with Crippen molar-refractivity contribution in [2.75, 3.05) is 13.7 Å². The fourth-order valence-corrected chi connectivity index (χ4v) is 1.59. The standard InChI is InChI=1S/C12H15F3O2/c1-12(2,6-16)9-5-7(13)4-8(11(14)15)10(9)17-3/h4-5,11,16H,6H2,1-3H3. The molecule has 0 aliphatic heterocycles. The molecule has 0 aliphatic carbocycles. The molecule has 1 rings (SSSR count). The largest absolute Gasteiger partial charge is 0.496 e. The van der Waals surface area contributed by atoms with Crippen molar-refractivity contribution in [1.82, 2.24) is 0 Å². The van der Waals surface area contributed by atoms with E-state index in [0.717, 1.165) is 12.1 Å². The Morgan fingerprint density at radius 1 is 1.35 bits per heavy atom. The first-order valence-corrected chi connectivity index (χ1v) is 5.10. The van der Waals surface area contributed by atoms with E-state index in [1.807, 2.05) is 0 Å². The van der Waals surface area contributed by atoms with Gasteiger partial charge in [0, 0.05) is 11.0 Å². The third-order valence-corrected chi connectivity index (χ3v) is 2.65. The summed E-state index contributed by atoms with van der Waals surface area (Å²) in [5, 5.41) is 9.22. The van der Waals surface area contributed by atoms with Crippen LogP contribution < -0.4 is 4.74 Å². The van der Waals surface area contributed by atoms with Crippen molar-refractivity contribution in [2.45, 2.75) is 25.7 Å². The summed E-state index contributed by atoms with van der Waals surface area (Å²) in [6, 6.07) is 1.86. The van der Waals surface area contributed by atoms with E-state index in [0.29, 0.717) is 0 Å². The van der Waals surface area contributed by atoms with Crippen molar-refractivity contribution in [3.8, 4) is 5.75 Å². The van der Waals surface area contributed by atoms with Crippen molar-refractivity contribution in [2.24, 2.45) is 0 Å². The lowest BCUT2D eigenvalue weighted by Gasteiger charge is -2.26. The molecule has 0 aliphatic rings. The van der Waals surface area contributed by atoms with Crippen LogP contribution in [0.3, 0.4) is 0 Å². The van der Waals surface area contributed by atoms with Crippen LogP contribution in [-0.2, 0) is 5.41 Å². The summed E-state index contributed by atoms with van der Waals surface area (Å²) in [4.78, 5) is 0. The third-order valence-electron chi connectivity index (χ3n) is 2.65. The van der Waals surface area contributed by atoms with Gasteiger partial charge < -0.3 is 9.84 Å². The topological polar surface area (TPSA) is 29.5 Å². The van der Waals surface area contributed by atoms with Crippen LogP contribution >= 0.6 is 0 Å². The smallest absolute Gasteiger partial charge is 0.267 e. The number of rotatable bonds is 4. The Morgan fingerprint density at radius 2 is 1.94 bits per heavy atom. The van der Waals surface area contributed by atoms with Gasteiger partial charge in [-0.2, -0.15) is 0 Å². The normalized spacial score (nSPS) is 12.0. The van der Waals surface area contributed by atoms with Crippen LogP contribution in [0.1, 0.15) is 31.4 Å². The quantitative estimate of drug-likeness (QED) is 0.887. The van der Waals surface area contributed by atoms with Gasteiger partial charge in [0.1, 0.15) is 11.6 Å². The molecule has 0 saturated heterocycles. The molecule has 96 valence electrons. The molecule has 1 aromatic carbocycles. The highest BCUT2D eigenvalue weighted by molar-refractivity contribution is 5.46. The van der Waals surface area contributed by atoms with Crippen LogP contribution in [0.4, 0.5) is 13.2 Å². The van der Waals surface area contributed by atoms with Gasteiger partial charge in [0.05, 0.1) is 19.3 Å². The lowest BCUT2D eigenvalue weighted by Crippen LogP contribution is -2.23. The maximum Gasteiger partial charge on any atom is 0.267 e. The number of hydrogen-bond donors (Lipinski definition) is 1. The minimum Gasteiger partial charge on any atom is -0.496 e. The third kappa shape index (κ3) is 2.72. The molecule has 0 heterocycles. The van der Waals surface area contributed by atoms with E-state index in [1.165, 1.54) is 7.11 Å². The number of ether oxygens (including phenoxy) is 1. The summed E-state index contributed by atoms with van der Waals surface area (Å²) in [5.74, 6) is -0.835. The van der Waals surface area contributed by atoms with Gasteiger partial charge in [-0.05, 0) is 12.1 Å². The zero-order valence-corrected chi connectivity index (χ0v) is 9.93. The van der Waals surface area contributed by atoms with Crippen molar-refractivity contribution in [1.29, 1.82) is 0 Å². The van der Waals surface area contributed by atoms with Gasteiger partial charge in [-0.25, -0.2) is 13.2 Å². The maximum absolute atomic E-state index is 13.3. The summed E-state index contributed by atoms with van der Waals surface area (Å²) in [6.07, 6.45) is -2.83. The molecule has 1 N–H and O–H groups in total. The highest BCUT2D eigenvalue weighted by Crippen LogP contribution is 2.38. The molecule has 0 saturated carbocycles. The molecule has 0 fully saturated rings. The summed E-state index contributed by atoms with van der Waals surface area (Å²) in [7, 11) is 1.25. The molecule has 0 amide bonds. The SMILES string of the molecule is COc1c(C(F)F)cc(F)cc1C(C)(C)CO. The maximum atomic E-state index is 13.3. The van der Waals surface area contributed by atoms with E-state index in [9.17, 15) is 18.3 Å². The van der Waals surface area contributed by atoms with Gasteiger partial charge in [0.25, 0.3) is 6.43 Å². The van der Waals surface area contributed by atoms with Crippen LogP contribution in [0, 0.1) is 5.82 Å². The average molecular weight is 248 g/mol. The zero-order valence-electron chi connectivity index (χ0n) is 9.93. The van der Waals surface area contributed by atoms with Crippen LogP contribution in [0.15, 0.2) is 12.1 Å². The van der Waals surface area contributed by atoms with E-state index in [4.69, 9.17) is 4.74 Å². The van der Waals surface area contributed by atoms with Crippen molar-refractivity contribution < 1.29 is 23.0 Å². The second kappa shape index (κ2) is 4.96. The molecule has 0 spiro atoms. The average Bonchev–Trinajstić information content (AvgIpc) is 2.27. The van der Waals surface area contributed by atoms with Gasteiger partial charge in [0.2, 0.25) is 0 Å². The summed E-state index contributed by atoms with van der Waals surface area (Å²) < 4.78 is 43.7. The molecule has 0 atom stereocenters. The zero-order chi connectivity index (χ0) is 13.2. The minimum atomic E-state index is -2.83. The predicted octanol–water partition coefficient (Wildman–Crippen LogP) is 3.04. The number of halogens is 3. The van der Waals surface area contributed by atoms with Crippen LogP contribution in [0.2, 0.25) is 0 Å². The summed E-state index contributed by atoms with van der Waals surface area (Å²) in [5.41, 5.74) is -1.11. The van der Waals surface area contributed by atoms with E-state index in [-0.39, 0.29) is 17.9 Å². The van der Waals surface area contributed by atoms with E-state index in [2.05, 4.69) is 0 Å². The van der Waals surface area contributed by atoms with E-state index >= 15 is 0 Å². The van der Waals surface area contributed by atoms with Crippen molar-refractivity contribution >= 4 is 0 Å². The van der Waals surface area contributed by atoms with Gasteiger partial charge in [-0.15, -0.1) is 0 Å². The molecule has 2 nitrogen and oxygen atoms in total. The summed E-state index contributed by atoms with van der Waals surface area (Å²) >= 11 is 0. The van der Waals surface area contributed by atoms with Gasteiger partial charge in [-0.3, -0.25) is 0 Å². The predicted molar refractivity (Wildman–Crippen MR) is 58.0 cm³/mol. The molecule has 0 aromatic heterocycles. The number of methoxy groups -OCH3 is 1. The van der Waals surface area contributed by atoms with Crippen molar-refractivity contribution in [3.63, 3.8) is 0 Å². The first-order chi connectivity index (χ1) is 7.83. The Labute approximate surface area is 98.0 Å². The minimum absolute atomic E-state index is 0.0690. The Balaban J connectivity index is 3.49. The molecule has 17 heavy (non-hydrogen) atoms. The highest BCUT2D eigenvalue weighted by Gasteiger charge is 2.28. The van der Waals surface area contributed by atoms with Crippen LogP contribution in [0.5, 0.6) is 5.75 Å². The molecule has 1 aromatic rings. The molecule has 0 bridgehead atoms. The van der Waals surface area contributed by atoms with Crippen LogP contribution in [-0.4, -0.2) is 18.8 Å². The fraction of sp³-hybridized carbons (Fsp3) is 0.500. The molecular formula is C12H15F3O2. The van der Waals surface area contributed by atoms with E-state index < -0.39 is 23.2 Å². The first-order valence-electron chi connectivity index (χ1n) is 5.10. The van der Waals surface area contributed by atoms with Crippen molar-refractivity contribution in [3.05, 3.63) is 29.1 Å². The molecule has 0 radical (unpaired) electrons. The lowest BCUT2D eigenvalue weighted by atomic mass is 9.83. The second-order valence-electron chi connectivity index (χ2n) is 4.42. The number of hydrogen-bond acceptors (Lipinski definition) is 2. The monoisotopic (exact) mass is 248 g/mol. The first kappa shape index (κ1) is 13.8. The molecular weight excluding hydrogens is 233 g/mol.